The quantitative estimate of drug-likeness (QED) is 0.128. The lowest BCUT2D eigenvalue weighted by Crippen LogP contribution is -2.31. The first kappa shape index (κ1) is 53.5. The highest BCUT2D eigenvalue weighted by Gasteiger charge is 2.39. The van der Waals surface area contributed by atoms with Crippen molar-refractivity contribution in [3.05, 3.63) is 234 Å². The van der Waals surface area contributed by atoms with Gasteiger partial charge in [0, 0.05) is 54.3 Å². The number of nitrogens with zero attached hydrogens (tertiary/aromatic N) is 3. The van der Waals surface area contributed by atoms with Crippen molar-refractivity contribution in [2.75, 3.05) is 0 Å². The van der Waals surface area contributed by atoms with E-state index >= 15 is 0 Å². The minimum atomic E-state index is -0.388. The predicted octanol–water partition coefficient (Wildman–Crippen LogP) is 19.3. The summed E-state index contributed by atoms with van der Waals surface area (Å²) in [5, 5.41) is 0. The fourth-order valence-electron chi connectivity index (χ4n) is 16.4. The first-order valence-corrected chi connectivity index (χ1v) is 32.3. The van der Waals surface area contributed by atoms with Gasteiger partial charge in [-0.05, 0) is 218 Å². The molecule has 9 aliphatic rings. The Morgan fingerprint density at radius 3 is 1.05 bits per heavy atom. The Bertz CT molecular complexity index is 3880. The van der Waals surface area contributed by atoms with Crippen LogP contribution in [0.3, 0.4) is 0 Å². The molecule has 0 N–H and O–H groups in total. The second-order valence-corrected chi connectivity index (χ2v) is 26.5. The third kappa shape index (κ3) is 11.9. The first-order valence-electron chi connectivity index (χ1n) is 33.3. The van der Waals surface area contributed by atoms with Gasteiger partial charge in [-0.1, -0.05) is 166 Å². The third-order valence-electron chi connectivity index (χ3n) is 21.2. The van der Waals surface area contributed by atoms with Gasteiger partial charge >= 0.3 is 0 Å². The molecule has 9 aliphatic carbocycles. The van der Waals surface area contributed by atoms with Gasteiger partial charge in [0.1, 0.15) is 21.1 Å². The zero-order chi connectivity index (χ0) is 59.1. The predicted molar refractivity (Wildman–Crippen MR) is 348 cm³/mol. The fourth-order valence-corrected chi connectivity index (χ4v) is 16.4. The molecular weight excluding hydrogens is 1010 g/mol. The number of pyridine rings is 3. The van der Waals surface area contributed by atoms with E-state index in [4.69, 9.17) is 0 Å². The normalized spacial score (nSPS) is 25.8. The van der Waals surface area contributed by atoms with Gasteiger partial charge in [0.05, 0.1) is 0 Å². The number of aromatic nitrogens is 3. The Kier molecular flexibility index (Phi) is 15.8. The topological polar surface area (TPSA) is 11.6 Å². The summed E-state index contributed by atoms with van der Waals surface area (Å²) in [5.41, 5.74) is 23.0. The molecule has 426 valence electrons. The number of hydrogen-bond donors (Lipinski definition) is 0. The Hall–Kier alpha value is -7.23. The maximum absolute atomic E-state index is 9.32. The summed E-state index contributed by atoms with van der Waals surface area (Å²) in [5.74, 6) is 4.53. The lowest BCUT2D eigenvalue weighted by atomic mass is 9.63. The van der Waals surface area contributed by atoms with Crippen molar-refractivity contribution >= 4 is 0 Å². The number of rotatable bonds is 9. The van der Waals surface area contributed by atoms with Gasteiger partial charge in [0.25, 0.3) is 0 Å². The largest absolute Gasteiger partial charge is 0.212 e. The molecule has 9 fully saturated rings. The van der Waals surface area contributed by atoms with Crippen LogP contribution >= 0.6 is 0 Å². The van der Waals surface area contributed by atoms with Crippen LogP contribution in [0.25, 0.3) is 67.2 Å². The summed E-state index contributed by atoms with van der Waals surface area (Å²) in [6.45, 7) is 6.51. The van der Waals surface area contributed by atoms with E-state index in [1.165, 1.54) is 178 Å². The minimum Gasteiger partial charge on any atom is -0.200 e. The molecule has 9 saturated carbocycles. The van der Waals surface area contributed by atoms with Crippen molar-refractivity contribution in [3.8, 4) is 67.2 Å². The van der Waals surface area contributed by atoms with E-state index in [9.17, 15) is 2.74 Å². The van der Waals surface area contributed by atoms with Crippen LogP contribution in [0, 0.1) is 56.3 Å². The van der Waals surface area contributed by atoms with Crippen molar-refractivity contribution in [1.29, 1.82) is 0 Å². The molecule has 9 aromatic rings. The van der Waals surface area contributed by atoms with Gasteiger partial charge in [0.2, 0.25) is 17.1 Å². The van der Waals surface area contributed by atoms with Crippen LogP contribution in [-0.4, -0.2) is 0 Å². The van der Waals surface area contributed by atoms with E-state index in [0.29, 0.717) is 11.8 Å². The van der Waals surface area contributed by atoms with E-state index in [0.717, 1.165) is 42.4 Å². The Balaban J connectivity index is 0.000000120. The highest BCUT2D eigenvalue weighted by atomic mass is 14.9. The van der Waals surface area contributed by atoms with Crippen molar-refractivity contribution in [1.82, 2.24) is 0 Å². The standard InChI is InChI=1S/3C27H30N/c2*1-19-6-3-4-9-25(19)27-15-14-24(18-28(27)2)22-7-5-8-23(17-22)26-16-20-10-12-21(26)13-11-20;1-19-5-3-4-6-25(19)27-16-15-24(18-28(27)2)21-11-13-23(14-12-21)26-17-20-7-9-22(26)10-8-20/h2*3-9,14-15,17-18,20-21,26H,10-13,16H2,1-2H3;3-6,11-16,18,20,22,26H,7-10,17H2,1-2H3/q3*+1/i26D;;26D. The maximum Gasteiger partial charge on any atom is 0.212 e. The molecule has 6 bridgehead atoms. The number of fused-ring (bicyclic) bond motifs is 9. The van der Waals surface area contributed by atoms with Gasteiger partial charge in [-0.15, -0.1) is 0 Å². The maximum atomic E-state index is 9.32. The second-order valence-electron chi connectivity index (χ2n) is 26.5. The zero-order valence-corrected chi connectivity index (χ0v) is 51.0. The lowest BCUT2D eigenvalue weighted by Gasteiger charge is -2.42. The molecule has 6 aromatic carbocycles. The van der Waals surface area contributed by atoms with E-state index in [1.54, 1.807) is 5.56 Å². The average molecular weight is 1110 g/mol. The zero-order valence-electron chi connectivity index (χ0n) is 53.0. The summed E-state index contributed by atoms with van der Waals surface area (Å²) in [4.78, 5) is 0. The van der Waals surface area contributed by atoms with Crippen LogP contribution in [-0.2, 0) is 21.1 Å². The molecule has 3 heterocycles. The van der Waals surface area contributed by atoms with Crippen LogP contribution in [0.1, 0.15) is 150 Å². The van der Waals surface area contributed by atoms with Gasteiger partial charge in [0.15, 0.2) is 18.6 Å². The molecule has 0 aliphatic heterocycles. The molecule has 18 rings (SSSR count). The molecule has 0 amide bonds. The molecule has 0 spiro atoms. The van der Waals surface area contributed by atoms with Gasteiger partial charge in [-0.25, -0.2) is 13.7 Å². The van der Waals surface area contributed by atoms with E-state index < -0.39 is 0 Å². The van der Waals surface area contributed by atoms with Gasteiger partial charge in [-0.2, -0.15) is 0 Å². The SMILES string of the molecule is Cc1ccccc1-c1ccc(-c2cccc(C3CC4CCC3CC4)c2)c[n+]1C.[2H]C1(c2ccc(-c3ccc(-c4ccccc4C)[n+](C)c3)cc2)CC2CCC1CC2.[2H]C1(c2cccc(-c3ccc(-c4ccccc4C)[n+](C)c3)c2)CC2CCC1CC2. The molecule has 3 unspecified atom stereocenters. The first-order chi connectivity index (χ1) is 41.8. The molecule has 3 atom stereocenters. The summed E-state index contributed by atoms with van der Waals surface area (Å²) < 4.78 is 25.2. The van der Waals surface area contributed by atoms with Crippen LogP contribution in [0.5, 0.6) is 0 Å². The highest BCUT2D eigenvalue weighted by Crippen LogP contribution is 2.52. The van der Waals surface area contributed by atoms with Crippen molar-refractivity contribution in [3.63, 3.8) is 0 Å². The number of aryl methyl sites for hydroxylation is 6. The van der Waals surface area contributed by atoms with Crippen LogP contribution in [0.4, 0.5) is 0 Å². The summed E-state index contributed by atoms with van der Waals surface area (Å²) >= 11 is 0. The monoisotopic (exact) mass is 1110 g/mol. The molecule has 84 heavy (non-hydrogen) atoms. The van der Waals surface area contributed by atoms with Crippen LogP contribution in [0.2, 0.25) is 0 Å². The Morgan fingerprint density at radius 2 is 0.667 bits per heavy atom. The van der Waals surface area contributed by atoms with E-state index in [1.807, 2.05) is 0 Å². The van der Waals surface area contributed by atoms with Gasteiger partial charge < -0.3 is 0 Å². The molecule has 0 radical (unpaired) electrons. The lowest BCUT2D eigenvalue weighted by molar-refractivity contribution is -0.660. The molecule has 3 heteroatoms. The summed E-state index contributed by atoms with van der Waals surface area (Å²) in [6, 6.07) is 66.2. The molecule has 3 aromatic heterocycles. The van der Waals surface area contributed by atoms with Crippen molar-refractivity contribution < 1.29 is 16.4 Å². The number of benzene rings is 6. The molecule has 3 nitrogen and oxygen atoms in total. The average Bonchev–Trinajstić information content (AvgIpc) is 1.81. The smallest absolute Gasteiger partial charge is 0.200 e. The summed E-state index contributed by atoms with van der Waals surface area (Å²) in [6.07, 6.45) is 26.4. The highest BCUT2D eigenvalue weighted by molar-refractivity contribution is 5.69. The van der Waals surface area contributed by atoms with Crippen molar-refractivity contribution in [2.45, 2.75) is 135 Å². The summed E-state index contributed by atoms with van der Waals surface area (Å²) in [7, 11) is 6.41. The number of hydrogen-bond acceptors (Lipinski definition) is 0. The van der Waals surface area contributed by atoms with E-state index in [2.05, 4.69) is 256 Å². The molecular formula is C81H90N3+3. The Morgan fingerprint density at radius 1 is 0.310 bits per heavy atom. The minimum absolute atomic E-state index is 0.362. The van der Waals surface area contributed by atoms with Crippen LogP contribution in [0.15, 0.2) is 201 Å². The van der Waals surface area contributed by atoms with Crippen LogP contribution < -0.4 is 13.7 Å². The third-order valence-corrected chi connectivity index (χ3v) is 21.2. The van der Waals surface area contributed by atoms with Crippen molar-refractivity contribution in [2.24, 2.45) is 56.7 Å². The second kappa shape index (κ2) is 24.8. The fraction of sp³-hybridized carbons (Fsp3) is 0.370. The van der Waals surface area contributed by atoms with E-state index in [-0.39, 0.29) is 11.8 Å². The van der Waals surface area contributed by atoms with Gasteiger partial charge in [-0.3, -0.25) is 0 Å². The molecule has 0 saturated heterocycles. The Labute approximate surface area is 506 Å².